The molecule has 0 amide bonds. The van der Waals surface area contributed by atoms with Crippen LogP contribution in [-0.2, 0) is 0 Å². The normalized spacial score (nSPS) is 14.1. The van der Waals surface area contributed by atoms with Crippen molar-refractivity contribution in [2.75, 3.05) is 0 Å². The van der Waals surface area contributed by atoms with Crippen LogP contribution in [0.15, 0.2) is 60.7 Å². The van der Waals surface area contributed by atoms with E-state index in [1.165, 1.54) is 0 Å². The van der Waals surface area contributed by atoms with Gasteiger partial charge in [0.15, 0.2) is 0 Å². The van der Waals surface area contributed by atoms with Crippen LogP contribution in [0.2, 0.25) is 37.1 Å². The SMILES string of the molecule is CC(C)[Si](C(C)C)[Si](C(C)C)(C(C)C)[Si](C(C)C)(C(C)C)[C](C(C)C)(C(C)C)[Ge]([c]1ccccc1)[c]1ccccc1. The van der Waals surface area contributed by atoms with Crippen LogP contribution in [0.25, 0.3) is 0 Å². The first kappa shape index (κ1) is 36.8. The summed E-state index contributed by atoms with van der Waals surface area (Å²) in [4.78, 5) is 0. The molecule has 0 heterocycles. The topological polar surface area (TPSA) is 0 Å². The minimum atomic E-state index is -2.15. The standard InChI is InChI=1S/C37H66GeSi3/c1-27(2)37(28(3)4,38(35-23-19-17-20-24-35)36-25-21-18-22-26-36)40(31(9)10,32(11)12)41(33(13)14,34(15)16)39(29(5)6)30(7)8/h17-34H,1-16H3. The number of rotatable bonds is 14. The van der Waals surface area contributed by atoms with Gasteiger partial charge in [-0.25, -0.2) is 0 Å². The molecule has 0 aromatic heterocycles. The Kier molecular flexibility index (Phi) is 13.1. The summed E-state index contributed by atoms with van der Waals surface area (Å²) in [6, 6.07) is 24.1. The van der Waals surface area contributed by atoms with Gasteiger partial charge in [0.1, 0.15) is 0 Å². The third-order valence-electron chi connectivity index (χ3n) is 11.1. The fourth-order valence-electron chi connectivity index (χ4n) is 11.3. The van der Waals surface area contributed by atoms with Crippen LogP contribution in [0, 0.1) is 11.8 Å². The Morgan fingerprint density at radius 1 is 0.488 bits per heavy atom. The van der Waals surface area contributed by atoms with Crippen LogP contribution >= 0.6 is 0 Å². The molecule has 0 atom stereocenters. The fourth-order valence-corrected chi connectivity index (χ4v) is 94.0. The van der Waals surface area contributed by atoms with Gasteiger partial charge in [-0.3, -0.25) is 0 Å². The van der Waals surface area contributed by atoms with Crippen LogP contribution in [0.3, 0.4) is 0 Å². The molecule has 2 rings (SSSR count). The fraction of sp³-hybridized carbons (Fsp3) is 0.676. The van der Waals surface area contributed by atoms with E-state index in [-0.39, 0.29) is 0 Å². The van der Waals surface area contributed by atoms with E-state index in [2.05, 4.69) is 171 Å². The summed E-state index contributed by atoms with van der Waals surface area (Å²) in [6.07, 6.45) is 0. The van der Waals surface area contributed by atoms with Crippen molar-refractivity contribution in [3.63, 3.8) is 0 Å². The van der Waals surface area contributed by atoms with Gasteiger partial charge >= 0.3 is 267 Å². The first-order valence-electron chi connectivity index (χ1n) is 16.9. The molecule has 0 fully saturated rings. The van der Waals surface area contributed by atoms with E-state index in [1.54, 1.807) is 8.79 Å². The molecule has 2 aromatic rings. The molecule has 0 unspecified atom stereocenters. The van der Waals surface area contributed by atoms with Crippen molar-refractivity contribution >= 4 is 46.2 Å². The molecule has 4 heteroatoms. The van der Waals surface area contributed by atoms with E-state index < -0.39 is 37.4 Å². The van der Waals surface area contributed by atoms with E-state index in [4.69, 9.17) is 0 Å². The summed E-state index contributed by atoms with van der Waals surface area (Å²) in [5.41, 5.74) is 4.76. The average Bonchev–Trinajstić information content (AvgIpc) is 2.86. The Hall–Kier alpha value is -0.366. The molecule has 0 N–H and O–H groups in total. The molecule has 0 spiro atoms. The van der Waals surface area contributed by atoms with Crippen molar-refractivity contribution in [3.05, 3.63) is 60.7 Å². The van der Waals surface area contributed by atoms with Crippen LogP contribution in [-0.4, -0.2) is 37.4 Å². The molecule has 230 valence electrons. The van der Waals surface area contributed by atoms with Crippen molar-refractivity contribution in [1.29, 1.82) is 0 Å². The molecule has 41 heavy (non-hydrogen) atoms. The van der Waals surface area contributed by atoms with Gasteiger partial charge < -0.3 is 0 Å². The second-order valence-electron chi connectivity index (χ2n) is 15.4. The van der Waals surface area contributed by atoms with Crippen molar-refractivity contribution in [1.82, 2.24) is 0 Å². The zero-order chi connectivity index (χ0) is 31.5. The number of hydrogen-bond acceptors (Lipinski definition) is 0. The quantitative estimate of drug-likeness (QED) is 0.176. The van der Waals surface area contributed by atoms with Gasteiger partial charge in [0.25, 0.3) is 0 Å². The van der Waals surface area contributed by atoms with Crippen LogP contribution < -0.4 is 8.79 Å². The van der Waals surface area contributed by atoms with Gasteiger partial charge in [0.2, 0.25) is 0 Å². The Balaban J connectivity index is 3.47. The third kappa shape index (κ3) is 5.89. The van der Waals surface area contributed by atoms with Crippen LogP contribution in [0.1, 0.15) is 111 Å². The van der Waals surface area contributed by atoms with Crippen molar-refractivity contribution in [2.45, 2.75) is 148 Å². The maximum absolute atomic E-state index is 2.74. The van der Waals surface area contributed by atoms with E-state index in [0.717, 1.165) is 33.2 Å². The number of benzene rings is 2. The first-order valence-corrected chi connectivity index (χ1v) is 28.0. The van der Waals surface area contributed by atoms with Gasteiger partial charge in [-0.05, 0) is 0 Å². The average molecular weight is 668 g/mol. The molecule has 0 aliphatic heterocycles. The van der Waals surface area contributed by atoms with E-state index in [0.29, 0.717) is 15.7 Å². The first-order chi connectivity index (χ1) is 19.0. The molecule has 0 saturated carbocycles. The Labute approximate surface area is 265 Å². The molecular formula is C37H66GeSi3. The van der Waals surface area contributed by atoms with E-state index >= 15 is 0 Å². The Morgan fingerprint density at radius 3 is 1.02 bits per heavy atom. The molecule has 2 aromatic carbocycles. The van der Waals surface area contributed by atoms with Gasteiger partial charge in [-0.15, -0.1) is 0 Å². The van der Waals surface area contributed by atoms with Gasteiger partial charge in [0, 0.05) is 0 Å². The van der Waals surface area contributed by atoms with Crippen molar-refractivity contribution < 1.29 is 0 Å². The monoisotopic (exact) mass is 668 g/mol. The summed E-state index contributed by atoms with van der Waals surface area (Å²) < 4.78 is 3.79. The maximum atomic E-state index is 2.74. The Bertz CT molecular complexity index is 969. The molecule has 0 aliphatic carbocycles. The summed E-state index contributed by atoms with van der Waals surface area (Å²) in [5.74, 6) is 1.31. The third-order valence-corrected chi connectivity index (χ3v) is 67.6. The van der Waals surface area contributed by atoms with Crippen molar-refractivity contribution in [2.24, 2.45) is 11.8 Å². The zero-order valence-corrected chi connectivity index (χ0v) is 35.0. The summed E-state index contributed by atoms with van der Waals surface area (Å²) >= 11 is -2.15. The van der Waals surface area contributed by atoms with E-state index in [1.807, 2.05) is 0 Å². The molecule has 0 saturated heterocycles. The predicted octanol–water partition coefficient (Wildman–Crippen LogP) is 10.9. The Morgan fingerprint density at radius 2 is 0.805 bits per heavy atom. The summed E-state index contributed by atoms with van der Waals surface area (Å²) in [7, 11) is -4.68. The molecule has 0 aliphatic rings. The zero-order valence-electron chi connectivity index (χ0n) is 29.9. The van der Waals surface area contributed by atoms with Gasteiger partial charge in [0.05, 0.1) is 0 Å². The molecule has 0 nitrogen and oxygen atoms in total. The van der Waals surface area contributed by atoms with Gasteiger partial charge in [-0.2, -0.15) is 0 Å². The van der Waals surface area contributed by atoms with E-state index in [9.17, 15) is 0 Å². The predicted molar refractivity (Wildman–Crippen MR) is 198 cm³/mol. The molecule has 0 bridgehead atoms. The summed E-state index contributed by atoms with van der Waals surface area (Å²) in [6.45, 7) is 43.1. The van der Waals surface area contributed by atoms with Crippen molar-refractivity contribution in [3.8, 4) is 0 Å². The van der Waals surface area contributed by atoms with Crippen LogP contribution in [0.5, 0.6) is 0 Å². The summed E-state index contributed by atoms with van der Waals surface area (Å²) in [5, 5.41) is 0. The molecular weight excluding hydrogens is 601 g/mol. The second kappa shape index (κ2) is 14.6. The second-order valence-corrected chi connectivity index (χ2v) is 45.0. The van der Waals surface area contributed by atoms with Crippen LogP contribution in [0.4, 0.5) is 0 Å². The van der Waals surface area contributed by atoms with Gasteiger partial charge in [-0.1, -0.05) is 0 Å². The molecule has 2 radical (unpaired) electrons. The number of hydrogen-bond donors (Lipinski definition) is 0. The minimum absolute atomic E-state index is 0.374.